The number of piperidine rings is 1. The summed E-state index contributed by atoms with van der Waals surface area (Å²) >= 11 is 0. The van der Waals surface area contributed by atoms with Gasteiger partial charge in [-0.25, -0.2) is 10.9 Å². The van der Waals surface area contributed by atoms with Crippen LogP contribution in [0.4, 0.5) is 0 Å². The number of carbonyl (C=O) groups is 1. The van der Waals surface area contributed by atoms with E-state index in [1.165, 1.54) is 0 Å². The van der Waals surface area contributed by atoms with Gasteiger partial charge in [0.25, 0.3) is 0 Å². The number of hydrazine groups is 1. The molecule has 0 aromatic rings. The second-order valence-electron chi connectivity index (χ2n) is 7.21. The van der Waals surface area contributed by atoms with Crippen LogP contribution < -0.4 is 26.8 Å². The third-order valence-corrected chi connectivity index (χ3v) is 5.54. The maximum absolute atomic E-state index is 12.3. The van der Waals surface area contributed by atoms with E-state index in [0.717, 1.165) is 45.4 Å². The molecule has 4 fully saturated rings. The largest absolute Gasteiger partial charge is 0.444 e. The Balaban J connectivity index is 1.32. The van der Waals surface area contributed by atoms with Gasteiger partial charge in [0.05, 0.1) is 12.2 Å². The van der Waals surface area contributed by atoms with Crippen molar-refractivity contribution >= 4 is 5.97 Å². The first-order valence-corrected chi connectivity index (χ1v) is 8.89. The minimum Gasteiger partial charge on any atom is -0.444 e. The van der Waals surface area contributed by atoms with Crippen molar-refractivity contribution in [2.24, 2.45) is 0 Å². The fraction of sp³-hybridized carbons (Fsp3) is 0.933. The molecule has 4 rings (SSSR count). The van der Waals surface area contributed by atoms with Crippen molar-refractivity contribution in [2.75, 3.05) is 19.8 Å². The minimum absolute atomic E-state index is 0.113. The van der Waals surface area contributed by atoms with Gasteiger partial charge in [-0.15, -0.1) is 0 Å². The van der Waals surface area contributed by atoms with Gasteiger partial charge in [0.15, 0.2) is 6.23 Å². The van der Waals surface area contributed by atoms with Crippen LogP contribution in [-0.2, 0) is 9.53 Å². The smallest absolute Gasteiger partial charge is 0.326 e. The number of hydrogen-bond acceptors (Lipinski definition) is 8. The number of cyclic esters (lactones) is 1. The second kappa shape index (κ2) is 6.62. The zero-order chi connectivity index (χ0) is 15.8. The molecule has 0 spiro atoms. The SMILES string of the molecule is CC1CCC2NC(C3CCC(N4CCNC4)NN3)OC(=O)C2N1. The van der Waals surface area contributed by atoms with Crippen LogP contribution in [0, 0.1) is 0 Å². The lowest BCUT2D eigenvalue weighted by Crippen LogP contribution is -2.71. The molecule has 4 aliphatic heterocycles. The first-order valence-electron chi connectivity index (χ1n) is 8.89. The Bertz CT molecular complexity index is 436. The van der Waals surface area contributed by atoms with E-state index in [1.54, 1.807) is 0 Å². The molecule has 0 saturated carbocycles. The average Bonchev–Trinajstić information content (AvgIpc) is 3.10. The highest BCUT2D eigenvalue weighted by Crippen LogP contribution is 2.23. The Labute approximate surface area is 137 Å². The molecule has 8 heteroatoms. The van der Waals surface area contributed by atoms with Crippen LogP contribution in [-0.4, -0.2) is 67.2 Å². The monoisotopic (exact) mass is 324 g/mol. The number of esters is 1. The number of fused-ring (bicyclic) bond motifs is 1. The van der Waals surface area contributed by atoms with Gasteiger partial charge < -0.3 is 15.4 Å². The van der Waals surface area contributed by atoms with E-state index in [1.807, 2.05) is 0 Å². The van der Waals surface area contributed by atoms with Gasteiger partial charge in [-0.1, -0.05) is 0 Å². The molecule has 130 valence electrons. The van der Waals surface area contributed by atoms with E-state index < -0.39 is 0 Å². The number of hydrogen-bond donors (Lipinski definition) is 5. The number of carbonyl (C=O) groups excluding carboxylic acids is 1. The Kier molecular flexibility index (Phi) is 4.53. The minimum atomic E-state index is -0.246. The molecule has 4 aliphatic rings. The van der Waals surface area contributed by atoms with Crippen molar-refractivity contribution < 1.29 is 9.53 Å². The zero-order valence-electron chi connectivity index (χ0n) is 13.7. The van der Waals surface area contributed by atoms with E-state index in [2.05, 4.69) is 38.6 Å². The molecule has 0 bridgehead atoms. The lowest BCUT2D eigenvalue weighted by molar-refractivity contribution is -0.167. The number of ether oxygens (including phenoxy) is 1. The summed E-state index contributed by atoms with van der Waals surface area (Å²) < 4.78 is 5.66. The molecule has 0 aromatic carbocycles. The highest BCUT2D eigenvalue weighted by atomic mass is 16.6. The van der Waals surface area contributed by atoms with Crippen molar-refractivity contribution in [3.63, 3.8) is 0 Å². The van der Waals surface area contributed by atoms with Gasteiger partial charge in [0.1, 0.15) is 6.04 Å². The standard InChI is InChI=1S/C15H28N6O2/c1-9-2-3-10-13(17-9)15(22)23-14(18-10)11-4-5-12(20-19-11)21-7-6-16-8-21/h9-14,16-20H,2-8H2,1H3. The van der Waals surface area contributed by atoms with Gasteiger partial charge in [0.2, 0.25) is 0 Å². The van der Waals surface area contributed by atoms with Crippen molar-refractivity contribution in [1.82, 2.24) is 31.7 Å². The van der Waals surface area contributed by atoms with Gasteiger partial charge in [-0.2, -0.15) is 0 Å². The summed E-state index contributed by atoms with van der Waals surface area (Å²) in [4.78, 5) is 14.7. The Morgan fingerprint density at radius 1 is 1.09 bits per heavy atom. The van der Waals surface area contributed by atoms with E-state index in [4.69, 9.17) is 4.74 Å². The van der Waals surface area contributed by atoms with Crippen LogP contribution in [0.1, 0.15) is 32.6 Å². The van der Waals surface area contributed by atoms with E-state index in [-0.39, 0.29) is 30.3 Å². The molecule has 5 N–H and O–H groups in total. The molecule has 4 heterocycles. The molecule has 0 amide bonds. The Morgan fingerprint density at radius 2 is 1.96 bits per heavy atom. The molecule has 0 aliphatic carbocycles. The van der Waals surface area contributed by atoms with Crippen LogP contribution >= 0.6 is 0 Å². The van der Waals surface area contributed by atoms with Crippen molar-refractivity contribution in [3.8, 4) is 0 Å². The van der Waals surface area contributed by atoms with Crippen LogP contribution in [0.25, 0.3) is 0 Å². The van der Waals surface area contributed by atoms with Crippen LogP contribution in [0.5, 0.6) is 0 Å². The fourth-order valence-corrected chi connectivity index (χ4v) is 4.13. The first-order chi connectivity index (χ1) is 11.2. The average molecular weight is 324 g/mol. The summed E-state index contributed by atoms with van der Waals surface area (Å²) in [5.41, 5.74) is 6.75. The maximum atomic E-state index is 12.3. The molecule has 6 unspecified atom stereocenters. The molecule has 0 aromatic heterocycles. The van der Waals surface area contributed by atoms with Crippen molar-refractivity contribution in [2.45, 2.75) is 69.2 Å². The molecular formula is C15H28N6O2. The lowest BCUT2D eigenvalue weighted by Gasteiger charge is -2.45. The highest BCUT2D eigenvalue weighted by Gasteiger charge is 2.44. The summed E-state index contributed by atoms with van der Waals surface area (Å²) in [7, 11) is 0. The van der Waals surface area contributed by atoms with Gasteiger partial charge >= 0.3 is 5.97 Å². The molecule has 8 nitrogen and oxygen atoms in total. The predicted octanol–water partition coefficient (Wildman–Crippen LogP) is -1.59. The zero-order valence-corrected chi connectivity index (χ0v) is 13.7. The summed E-state index contributed by atoms with van der Waals surface area (Å²) in [6, 6.07) is 0.479. The number of rotatable bonds is 2. The van der Waals surface area contributed by atoms with Gasteiger partial charge in [-0.05, 0) is 32.6 Å². The number of nitrogens with zero attached hydrogens (tertiary/aromatic N) is 1. The van der Waals surface area contributed by atoms with Crippen LogP contribution in [0.2, 0.25) is 0 Å². The molecular weight excluding hydrogens is 296 g/mol. The highest BCUT2D eigenvalue weighted by molar-refractivity contribution is 5.78. The quantitative estimate of drug-likeness (QED) is 0.389. The summed E-state index contributed by atoms with van der Waals surface area (Å²) in [6.45, 7) is 5.19. The molecule has 23 heavy (non-hydrogen) atoms. The van der Waals surface area contributed by atoms with E-state index in [0.29, 0.717) is 12.2 Å². The molecule has 0 radical (unpaired) electrons. The second-order valence-corrected chi connectivity index (χ2v) is 7.21. The van der Waals surface area contributed by atoms with Gasteiger partial charge in [-0.3, -0.25) is 15.0 Å². The van der Waals surface area contributed by atoms with Crippen molar-refractivity contribution in [1.29, 1.82) is 0 Å². The summed E-state index contributed by atoms with van der Waals surface area (Å²) in [6.07, 6.45) is 4.26. The summed E-state index contributed by atoms with van der Waals surface area (Å²) in [5, 5.41) is 10.2. The Hall–Kier alpha value is -0.770. The van der Waals surface area contributed by atoms with Crippen molar-refractivity contribution in [3.05, 3.63) is 0 Å². The number of nitrogens with one attached hydrogen (secondary N) is 5. The van der Waals surface area contributed by atoms with Crippen LogP contribution in [0.3, 0.4) is 0 Å². The Morgan fingerprint density at radius 3 is 2.70 bits per heavy atom. The summed E-state index contributed by atoms with van der Waals surface area (Å²) in [5.74, 6) is -0.113. The third-order valence-electron chi connectivity index (χ3n) is 5.54. The molecule has 4 saturated heterocycles. The molecule has 6 atom stereocenters. The topological polar surface area (TPSA) is 89.7 Å². The normalized spacial score (nSPS) is 45.5. The van der Waals surface area contributed by atoms with Crippen LogP contribution in [0.15, 0.2) is 0 Å². The maximum Gasteiger partial charge on any atom is 0.326 e. The first kappa shape index (κ1) is 15.7. The lowest BCUT2D eigenvalue weighted by atomic mass is 9.92. The van der Waals surface area contributed by atoms with E-state index >= 15 is 0 Å². The van der Waals surface area contributed by atoms with Gasteiger partial charge in [0, 0.05) is 31.8 Å². The van der Waals surface area contributed by atoms with E-state index in [9.17, 15) is 4.79 Å². The fourth-order valence-electron chi connectivity index (χ4n) is 4.13. The third kappa shape index (κ3) is 3.24. The predicted molar refractivity (Wildman–Crippen MR) is 85.1 cm³/mol.